The van der Waals surface area contributed by atoms with Crippen LogP contribution in [-0.2, 0) is 19.5 Å². The van der Waals surface area contributed by atoms with Gasteiger partial charge in [0.05, 0.1) is 25.4 Å². The molecule has 2 aromatic rings. The van der Waals surface area contributed by atoms with Crippen LogP contribution in [0.5, 0.6) is 11.5 Å². The maximum Gasteiger partial charge on any atom is 0.191 e. The second-order valence-corrected chi connectivity index (χ2v) is 6.50. The number of hydrogen-bond donors (Lipinski definition) is 2. The van der Waals surface area contributed by atoms with Crippen molar-refractivity contribution in [2.24, 2.45) is 4.99 Å². The molecule has 6 heteroatoms. The van der Waals surface area contributed by atoms with Gasteiger partial charge in [-0.1, -0.05) is 6.07 Å². The Labute approximate surface area is 161 Å². The monoisotopic (exact) mass is 368 g/mol. The molecule has 0 saturated heterocycles. The van der Waals surface area contributed by atoms with Crippen molar-refractivity contribution in [2.75, 3.05) is 13.2 Å². The molecule has 0 radical (unpaired) electrons. The number of nitrogens with one attached hydrogen (secondary N) is 2. The highest BCUT2D eigenvalue weighted by atomic mass is 16.5. The number of fused-ring (bicyclic) bond motifs is 1. The number of hydrogen-bond acceptors (Lipinski definition) is 4. The molecule has 1 aliphatic rings. The van der Waals surface area contributed by atoms with Crippen molar-refractivity contribution in [1.29, 1.82) is 0 Å². The molecule has 1 unspecified atom stereocenters. The zero-order valence-corrected chi connectivity index (χ0v) is 16.3. The number of rotatable bonds is 7. The van der Waals surface area contributed by atoms with Gasteiger partial charge in [0, 0.05) is 30.3 Å². The minimum Gasteiger partial charge on any atom is -0.494 e. The molecule has 0 aliphatic carbocycles. The molecule has 2 N–H and O–H groups in total. The minimum absolute atomic E-state index is 0.214. The van der Waals surface area contributed by atoms with Crippen molar-refractivity contribution in [3.8, 4) is 11.5 Å². The molecular weight excluding hydrogens is 340 g/mol. The topological polar surface area (TPSA) is 67.8 Å². The van der Waals surface area contributed by atoms with Crippen LogP contribution in [0, 0.1) is 0 Å². The second kappa shape index (κ2) is 9.26. The van der Waals surface area contributed by atoms with Crippen LogP contribution in [0.25, 0.3) is 0 Å². The number of aromatic nitrogens is 1. The van der Waals surface area contributed by atoms with E-state index in [1.807, 2.05) is 32.0 Å². The summed E-state index contributed by atoms with van der Waals surface area (Å²) in [5, 5.41) is 6.60. The molecule has 27 heavy (non-hydrogen) atoms. The highest BCUT2D eigenvalue weighted by Gasteiger charge is 2.21. The van der Waals surface area contributed by atoms with Gasteiger partial charge in [0.25, 0.3) is 0 Å². The fraction of sp³-hybridized carbons (Fsp3) is 0.429. The van der Waals surface area contributed by atoms with E-state index in [9.17, 15) is 0 Å². The van der Waals surface area contributed by atoms with Crippen molar-refractivity contribution < 1.29 is 9.47 Å². The summed E-state index contributed by atoms with van der Waals surface area (Å²) in [4.78, 5) is 9.05. The quantitative estimate of drug-likeness (QED) is 0.581. The van der Waals surface area contributed by atoms with Gasteiger partial charge in [-0.2, -0.15) is 0 Å². The highest BCUT2D eigenvalue weighted by molar-refractivity contribution is 5.79. The Bertz CT molecular complexity index is 777. The van der Waals surface area contributed by atoms with Crippen molar-refractivity contribution in [2.45, 2.75) is 46.4 Å². The van der Waals surface area contributed by atoms with E-state index in [0.717, 1.165) is 41.7 Å². The van der Waals surface area contributed by atoms with Crippen LogP contribution in [0.3, 0.4) is 0 Å². The summed E-state index contributed by atoms with van der Waals surface area (Å²) in [6, 6.07) is 10.0. The lowest BCUT2D eigenvalue weighted by Crippen LogP contribution is -2.37. The lowest BCUT2D eigenvalue weighted by Gasteiger charge is -2.13. The van der Waals surface area contributed by atoms with Crippen molar-refractivity contribution in [1.82, 2.24) is 15.6 Å². The zero-order valence-electron chi connectivity index (χ0n) is 16.3. The number of pyridine rings is 1. The van der Waals surface area contributed by atoms with E-state index < -0.39 is 0 Å². The molecule has 0 spiro atoms. The van der Waals surface area contributed by atoms with Crippen LogP contribution in [0.2, 0.25) is 0 Å². The molecule has 3 rings (SSSR count). The molecule has 1 aromatic heterocycles. The molecule has 0 saturated carbocycles. The summed E-state index contributed by atoms with van der Waals surface area (Å²) >= 11 is 0. The largest absolute Gasteiger partial charge is 0.494 e. The van der Waals surface area contributed by atoms with Crippen LogP contribution in [-0.4, -0.2) is 30.2 Å². The summed E-state index contributed by atoms with van der Waals surface area (Å²) in [5.41, 5.74) is 3.21. The lowest BCUT2D eigenvalue weighted by atomic mass is 10.1. The summed E-state index contributed by atoms with van der Waals surface area (Å²) in [5.74, 6) is 2.58. The van der Waals surface area contributed by atoms with E-state index in [1.165, 1.54) is 5.56 Å². The summed E-state index contributed by atoms with van der Waals surface area (Å²) in [6.07, 6.45) is 2.93. The van der Waals surface area contributed by atoms with Crippen molar-refractivity contribution in [3.63, 3.8) is 0 Å². The van der Waals surface area contributed by atoms with Crippen LogP contribution in [0.4, 0.5) is 0 Å². The lowest BCUT2D eigenvalue weighted by molar-refractivity contribution is 0.254. The Morgan fingerprint density at radius 2 is 2.19 bits per heavy atom. The molecular formula is C21H28N4O2. The van der Waals surface area contributed by atoms with Crippen LogP contribution >= 0.6 is 0 Å². The minimum atomic E-state index is 0.214. The Hall–Kier alpha value is -2.76. The first-order chi connectivity index (χ1) is 13.2. The summed E-state index contributed by atoms with van der Waals surface area (Å²) in [7, 11) is 0. The molecule has 2 heterocycles. The standard InChI is InChI=1S/C21H28N4O2/c1-4-22-21(25-14-18-8-6-7-9-23-18)24-13-17-12-20-16(10-15(3)27-20)11-19(17)26-5-2/h6-9,11-12,15H,4-5,10,13-14H2,1-3H3,(H2,22,24,25). The van der Waals surface area contributed by atoms with Gasteiger partial charge in [-0.25, -0.2) is 4.99 Å². The van der Waals surface area contributed by atoms with Gasteiger partial charge in [-0.05, 0) is 45.0 Å². The number of ether oxygens (including phenoxy) is 2. The average molecular weight is 368 g/mol. The molecule has 0 fully saturated rings. The first-order valence-corrected chi connectivity index (χ1v) is 9.57. The second-order valence-electron chi connectivity index (χ2n) is 6.50. The van der Waals surface area contributed by atoms with Crippen LogP contribution in [0.15, 0.2) is 41.5 Å². The van der Waals surface area contributed by atoms with Gasteiger partial charge < -0.3 is 20.1 Å². The van der Waals surface area contributed by atoms with Gasteiger partial charge in [0.2, 0.25) is 0 Å². The predicted octanol–water partition coefficient (Wildman–Crippen LogP) is 3.06. The normalized spacial score (nSPS) is 15.8. The third kappa shape index (κ3) is 5.12. The van der Waals surface area contributed by atoms with E-state index in [4.69, 9.17) is 14.5 Å². The van der Waals surface area contributed by atoms with Gasteiger partial charge >= 0.3 is 0 Å². The van der Waals surface area contributed by atoms with Crippen molar-refractivity contribution in [3.05, 3.63) is 53.3 Å². The first-order valence-electron chi connectivity index (χ1n) is 9.57. The summed E-state index contributed by atoms with van der Waals surface area (Å²) in [6.45, 7) is 8.68. The predicted molar refractivity (Wildman–Crippen MR) is 107 cm³/mol. The molecule has 0 bridgehead atoms. The molecule has 0 amide bonds. The van der Waals surface area contributed by atoms with Crippen molar-refractivity contribution >= 4 is 5.96 Å². The zero-order chi connectivity index (χ0) is 19.1. The molecule has 144 valence electrons. The third-order valence-electron chi connectivity index (χ3n) is 4.29. The SMILES string of the molecule is CCNC(=NCc1cc2c(cc1OCC)CC(C)O2)NCc1ccccn1. The van der Waals surface area contributed by atoms with Gasteiger partial charge in [-0.15, -0.1) is 0 Å². The van der Waals surface area contributed by atoms with E-state index in [-0.39, 0.29) is 6.10 Å². The Morgan fingerprint density at radius 1 is 1.30 bits per heavy atom. The fourth-order valence-corrected chi connectivity index (χ4v) is 3.08. The third-order valence-corrected chi connectivity index (χ3v) is 4.29. The fourth-order valence-electron chi connectivity index (χ4n) is 3.08. The maximum absolute atomic E-state index is 5.90. The molecule has 1 aromatic carbocycles. The van der Waals surface area contributed by atoms with E-state index in [0.29, 0.717) is 19.7 Å². The Kier molecular flexibility index (Phi) is 6.52. The number of guanidine groups is 1. The smallest absolute Gasteiger partial charge is 0.191 e. The van der Waals surface area contributed by atoms with Gasteiger partial charge in [0.1, 0.15) is 17.6 Å². The molecule has 1 atom stereocenters. The number of aliphatic imine (C=N–C) groups is 1. The van der Waals surface area contributed by atoms with Gasteiger partial charge in [-0.3, -0.25) is 4.98 Å². The van der Waals surface area contributed by atoms with Crippen LogP contribution < -0.4 is 20.1 Å². The maximum atomic E-state index is 5.90. The van der Waals surface area contributed by atoms with E-state index in [2.05, 4.69) is 34.7 Å². The average Bonchev–Trinajstić information content (AvgIpc) is 3.04. The molecule has 1 aliphatic heterocycles. The van der Waals surface area contributed by atoms with E-state index >= 15 is 0 Å². The molecule has 6 nitrogen and oxygen atoms in total. The Morgan fingerprint density at radius 3 is 2.93 bits per heavy atom. The first kappa shape index (κ1) is 19.0. The Balaban J connectivity index is 1.74. The van der Waals surface area contributed by atoms with Gasteiger partial charge in [0.15, 0.2) is 5.96 Å². The number of benzene rings is 1. The van der Waals surface area contributed by atoms with E-state index in [1.54, 1.807) is 6.20 Å². The number of nitrogens with zero attached hydrogens (tertiary/aromatic N) is 2. The summed E-state index contributed by atoms with van der Waals surface area (Å²) < 4.78 is 11.7. The highest BCUT2D eigenvalue weighted by Crippen LogP contribution is 2.35. The van der Waals surface area contributed by atoms with Crippen LogP contribution in [0.1, 0.15) is 37.6 Å².